The SMILES string of the molecule is C#Cc1cc(NC(=O)c2cnc(N3CCCCC3)c(C)c2)ccc1F. The van der Waals surface area contributed by atoms with Crippen LogP contribution in [0.3, 0.4) is 0 Å². The lowest BCUT2D eigenvalue weighted by atomic mass is 10.1. The van der Waals surface area contributed by atoms with Gasteiger partial charge in [0, 0.05) is 25.0 Å². The lowest BCUT2D eigenvalue weighted by Crippen LogP contribution is -2.31. The average Bonchev–Trinajstić information content (AvgIpc) is 2.64. The van der Waals surface area contributed by atoms with Gasteiger partial charge in [-0.1, -0.05) is 5.92 Å². The molecular weight excluding hydrogens is 317 g/mol. The molecule has 2 heterocycles. The van der Waals surface area contributed by atoms with Gasteiger partial charge in [-0.05, 0) is 56.0 Å². The number of nitrogens with one attached hydrogen (secondary N) is 1. The van der Waals surface area contributed by atoms with Crippen molar-refractivity contribution in [2.24, 2.45) is 0 Å². The second kappa shape index (κ2) is 7.35. The van der Waals surface area contributed by atoms with Crippen LogP contribution in [0.1, 0.15) is 40.7 Å². The van der Waals surface area contributed by atoms with Crippen LogP contribution in [0.4, 0.5) is 15.9 Å². The molecule has 0 unspecified atom stereocenters. The van der Waals surface area contributed by atoms with Gasteiger partial charge in [0.1, 0.15) is 11.6 Å². The number of rotatable bonds is 3. The van der Waals surface area contributed by atoms with E-state index in [1.807, 2.05) is 13.0 Å². The maximum atomic E-state index is 13.4. The van der Waals surface area contributed by atoms with Crippen molar-refractivity contribution in [1.29, 1.82) is 0 Å². The zero-order chi connectivity index (χ0) is 17.8. The lowest BCUT2D eigenvalue weighted by Gasteiger charge is -2.29. The molecule has 0 bridgehead atoms. The van der Waals surface area contributed by atoms with E-state index in [0.717, 1.165) is 24.5 Å². The summed E-state index contributed by atoms with van der Waals surface area (Å²) in [7, 11) is 0. The highest BCUT2D eigenvalue weighted by Gasteiger charge is 2.16. The van der Waals surface area contributed by atoms with Crippen LogP contribution in [0, 0.1) is 25.1 Å². The first-order valence-electron chi connectivity index (χ1n) is 8.37. The molecule has 3 rings (SSSR count). The summed E-state index contributed by atoms with van der Waals surface area (Å²) in [6.07, 6.45) is 10.4. The fourth-order valence-corrected chi connectivity index (χ4v) is 3.05. The van der Waals surface area contributed by atoms with Crippen LogP contribution < -0.4 is 10.2 Å². The van der Waals surface area contributed by atoms with Gasteiger partial charge in [0.2, 0.25) is 0 Å². The number of benzene rings is 1. The summed E-state index contributed by atoms with van der Waals surface area (Å²) in [6, 6.07) is 6.00. The number of halogens is 1. The number of carbonyl (C=O) groups excluding carboxylic acids is 1. The summed E-state index contributed by atoms with van der Waals surface area (Å²) in [5.41, 5.74) is 2.01. The number of anilines is 2. The van der Waals surface area contributed by atoms with Gasteiger partial charge < -0.3 is 10.2 Å². The molecule has 25 heavy (non-hydrogen) atoms. The van der Waals surface area contributed by atoms with E-state index in [4.69, 9.17) is 6.42 Å². The van der Waals surface area contributed by atoms with Crippen molar-refractivity contribution >= 4 is 17.4 Å². The number of carbonyl (C=O) groups is 1. The summed E-state index contributed by atoms with van der Waals surface area (Å²) in [5, 5.41) is 2.73. The van der Waals surface area contributed by atoms with Crippen molar-refractivity contribution in [2.75, 3.05) is 23.3 Å². The molecule has 1 aliphatic heterocycles. The standard InChI is InChI=1S/C20H20FN3O/c1-3-15-12-17(7-8-18(15)21)23-20(25)16-11-14(2)19(22-13-16)24-9-5-4-6-10-24/h1,7-8,11-13H,4-6,9-10H2,2H3,(H,23,25). The first kappa shape index (κ1) is 17.0. The van der Waals surface area contributed by atoms with Gasteiger partial charge in [-0.15, -0.1) is 6.42 Å². The highest BCUT2D eigenvalue weighted by atomic mass is 19.1. The Labute approximate surface area is 147 Å². The minimum atomic E-state index is -0.483. The first-order valence-corrected chi connectivity index (χ1v) is 8.37. The fraction of sp³-hybridized carbons (Fsp3) is 0.300. The number of pyridine rings is 1. The molecule has 128 valence electrons. The number of terminal acetylenes is 1. The Balaban J connectivity index is 1.76. The van der Waals surface area contributed by atoms with Crippen LogP contribution in [-0.4, -0.2) is 24.0 Å². The van der Waals surface area contributed by atoms with Crippen LogP contribution >= 0.6 is 0 Å². The molecule has 1 aromatic heterocycles. The number of aryl methyl sites for hydroxylation is 1. The molecule has 5 heteroatoms. The Morgan fingerprint density at radius 3 is 2.72 bits per heavy atom. The molecule has 1 aliphatic rings. The maximum absolute atomic E-state index is 13.4. The normalized spacial score (nSPS) is 14.0. The van der Waals surface area contributed by atoms with Crippen molar-refractivity contribution in [2.45, 2.75) is 26.2 Å². The molecule has 0 aliphatic carbocycles. The van der Waals surface area contributed by atoms with E-state index < -0.39 is 5.82 Å². The van der Waals surface area contributed by atoms with Gasteiger partial charge in [-0.3, -0.25) is 4.79 Å². The lowest BCUT2D eigenvalue weighted by molar-refractivity contribution is 0.102. The van der Waals surface area contributed by atoms with Gasteiger partial charge >= 0.3 is 0 Å². The van der Waals surface area contributed by atoms with E-state index in [9.17, 15) is 9.18 Å². The van der Waals surface area contributed by atoms with Crippen molar-refractivity contribution in [3.8, 4) is 12.3 Å². The van der Waals surface area contributed by atoms with Crippen molar-refractivity contribution in [1.82, 2.24) is 4.98 Å². The van der Waals surface area contributed by atoms with Crippen LogP contribution in [0.5, 0.6) is 0 Å². The average molecular weight is 337 g/mol. The summed E-state index contributed by atoms with van der Waals surface area (Å²) in [5.74, 6) is 2.42. The van der Waals surface area contributed by atoms with Crippen molar-refractivity contribution < 1.29 is 9.18 Å². The third-order valence-electron chi connectivity index (χ3n) is 4.35. The smallest absolute Gasteiger partial charge is 0.257 e. The minimum absolute atomic E-state index is 0.118. The molecule has 1 fully saturated rings. The number of amides is 1. The Bertz CT molecular complexity index is 835. The van der Waals surface area contributed by atoms with E-state index >= 15 is 0 Å². The highest BCUT2D eigenvalue weighted by Crippen LogP contribution is 2.22. The number of piperidine rings is 1. The number of hydrogen-bond donors (Lipinski definition) is 1. The quantitative estimate of drug-likeness (QED) is 0.868. The number of aromatic nitrogens is 1. The van der Waals surface area contributed by atoms with Crippen LogP contribution in [0.25, 0.3) is 0 Å². The van der Waals surface area contributed by atoms with E-state index in [2.05, 4.69) is 21.1 Å². The number of hydrogen-bond acceptors (Lipinski definition) is 3. The second-order valence-electron chi connectivity index (χ2n) is 6.21. The second-order valence-corrected chi connectivity index (χ2v) is 6.21. The molecule has 1 amide bonds. The number of nitrogens with zero attached hydrogens (tertiary/aromatic N) is 2. The van der Waals surface area contributed by atoms with E-state index in [0.29, 0.717) is 11.3 Å². The molecule has 0 spiro atoms. The zero-order valence-corrected chi connectivity index (χ0v) is 14.2. The summed E-state index contributed by atoms with van der Waals surface area (Å²) in [4.78, 5) is 19.2. The molecular formula is C20H20FN3O. The van der Waals surface area contributed by atoms with Gasteiger partial charge in [0.15, 0.2) is 0 Å². The third kappa shape index (κ3) is 3.80. The van der Waals surface area contributed by atoms with Crippen LogP contribution in [0.2, 0.25) is 0 Å². The monoisotopic (exact) mass is 337 g/mol. The zero-order valence-electron chi connectivity index (χ0n) is 14.2. The fourth-order valence-electron chi connectivity index (χ4n) is 3.05. The topological polar surface area (TPSA) is 45.2 Å². The van der Waals surface area contributed by atoms with E-state index in [1.165, 1.54) is 37.5 Å². The Morgan fingerprint density at radius 1 is 1.28 bits per heavy atom. The van der Waals surface area contributed by atoms with Crippen molar-refractivity contribution in [3.05, 3.63) is 53.0 Å². The molecule has 1 N–H and O–H groups in total. The molecule has 0 atom stereocenters. The molecule has 4 nitrogen and oxygen atoms in total. The summed E-state index contributed by atoms with van der Waals surface area (Å²) in [6.45, 7) is 3.97. The van der Waals surface area contributed by atoms with Gasteiger partial charge in [0.05, 0.1) is 11.1 Å². The Morgan fingerprint density at radius 2 is 2.04 bits per heavy atom. The molecule has 0 saturated carbocycles. The third-order valence-corrected chi connectivity index (χ3v) is 4.35. The van der Waals surface area contributed by atoms with Crippen LogP contribution in [0.15, 0.2) is 30.5 Å². The van der Waals surface area contributed by atoms with Crippen molar-refractivity contribution in [3.63, 3.8) is 0 Å². The summed E-state index contributed by atoms with van der Waals surface area (Å²) >= 11 is 0. The first-order chi connectivity index (χ1) is 12.1. The van der Waals surface area contributed by atoms with E-state index in [-0.39, 0.29) is 11.5 Å². The predicted octanol–water partition coefficient (Wildman–Crippen LogP) is 3.75. The Kier molecular flexibility index (Phi) is 4.99. The van der Waals surface area contributed by atoms with E-state index in [1.54, 1.807) is 6.20 Å². The molecule has 1 aromatic carbocycles. The van der Waals surface area contributed by atoms with Gasteiger partial charge in [0.25, 0.3) is 5.91 Å². The molecule has 1 saturated heterocycles. The largest absolute Gasteiger partial charge is 0.356 e. The summed E-state index contributed by atoms with van der Waals surface area (Å²) < 4.78 is 13.4. The van der Waals surface area contributed by atoms with Crippen LogP contribution in [-0.2, 0) is 0 Å². The highest BCUT2D eigenvalue weighted by molar-refractivity contribution is 6.04. The van der Waals surface area contributed by atoms with Gasteiger partial charge in [-0.2, -0.15) is 0 Å². The van der Waals surface area contributed by atoms with Gasteiger partial charge in [-0.25, -0.2) is 9.37 Å². The Hall–Kier alpha value is -2.87. The molecule has 0 radical (unpaired) electrons. The maximum Gasteiger partial charge on any atom is 0.257 e. The molecule has 2 aromatic rings. The predicted molar refractivity (Wildman–Crippen MR) is 97.3 cm³/mol. The minimum Gasteiger partial charge on any atom is -0.356 e.